The van der Waals surface area contributed by atoms with Gasteiger partial charge in [0.15, 0.2) is 0 Å². The third kappa shape index (κ3) is 6.61. The Morgan fingerprint density at radius 3 is 1.83 bits per heavy atom. The normalized spacial score (nSPS) is 10.9. The predicted octanol–water partition coefficient (Wildman–Crippen LogP) is 6.82. The number of anilines is 1. The van der Waals surface area contributed by atoms with Gasteiger partial charge >= 0.3 is 0 Å². The minimum absolute atomic E-state index is 0.109. The third-order valence-corrected chi connectivity index (χ3v) is 6.83. The second kappa shape index (κ2) is 9.94. The number of carbonyl (C=O) groups is 1. The van der Waals surface area contributed by atoms with E-state index in [1.54, 1.807) is 24.3 Å². The first kappa shape index (κ1) is 21.4. The highest BCUT2D eigenvalue weighted by molar-refractivity contribution is 8.17. The lowest BCUT2D eigenvalue weighted by Gasteiger charge is -2.17. The molecule has 3 aromatic carbocycles. The molecular formula is C23H21F2NOS2. The predicted molar refractivity (Wildman–Crippen MR) is 117 cm³/mol. The summed E-state index contributed by atoms with van der Waals surface area (Å²) in [6, 6.07) is 18.2. The minimum Gasteiger partial charge on any atom is -0.326 e. The van der Waals surface area contributed by atoms with Crippen molar-refractivity contribution in [3.05, 3.63) is 89.5 Å². The van der Waals surface area contributed by atoms with Crippen molar-refractivity contribution in [3.8, 4) is 0 Å². The Hall–Kier alpha value is -2.31. The molecule has 1 amide bonds. The zero-order valence-electron chi connectivity index (χ0n) is 16.1. The molecule has 0 aromatic heterocycles. The third-order valence-electron chi connectivity index (χ3n) is 4.31. The van der Waals surface area contributed by atoms with Crippen molar-refractivity contribution in [1.29, 1.82) is 0 Å². The number of aryl methyl sites for hydroxylation is 2. The Morgan fingerprint density at radius 2 is 1.34 bits per heavy atom. The van der Waals surface area contributed by atoms with Crippen molar-refractivity contribution < 1.29 is 13.6 Å². The van der Waals surface area contributed by atoms with E-state index in [0.717, 1.165) is 21.0 Å². The number of halogens is 2. The zero-order valence-corrected chi connectivity index (χ0v) is 17.7. The van der Waals surface area contributed by atoms with Gasteiger partial charge in [0, 0.05) is 21.9 Å². The molecule has 1 N–H and O–H groups in total. The van der Waals surface area contributed by atoms with E-state index in [9.17, 15) is 13.6 Å². The van der Waals surface area contributed by atoms with Crippen LogP contribution in [0.4, 0.5) is 14.5 Å². The molecule has 3 rings (SSSR count). The molecule has 0 aliphatic carbocycles. The van der Waals surface area contributed by atoms with E-state index in [4.69, 9.17) is 0 Å². The maximum atomic E-state index is 13.2. The SMILES string of the molecule is Cc1ccc(NC(=O)CC(Sc2ccc(F)cc2)Sc2ccc(F)cc2)cc1C. The average Bonchev–Trinajstić information content (AvgIpc) is 2.68. The van der Waals surface area contributed by atoms with Crippen LogP contribution in [0, 0.1) is 25.5 Å². The van der Waals surface area contributed by atoms with Gasteiger partial charge in [0.1, 0.15) is 11.6 Å². The summed E-state index contributed by atoms with van der Waals surface area (Å²) in [5.74, 6) is -0.711. The number of nitrogens with one attached hydrogen (secondary N) is 1. The molecule has 0 aliphatic heterocycles. The highest BCUT2D eigenvalue weighted by Crippen LogP contribution is 2.38. The van der Waals surface area contributed by atoms with Crippen molar-refractivity contribution in [1.82, 2.24) is 0 Å². The van der Waals surface area contributed by atoms with Gasteiger partial charge in [0.25, 0.3) is 0 Å². The summed E-state index contributed by atoms with van der Waals surface area (Å²) in [6.07, 6.45) is 0.247. The number of hydrogen-bond acceptors (Lipinski definition) is 3. The van der Waals surface area contributed by atoms with E-state index in [2.05, 4.69) is 5.32 Å². The van der Waals surface area contributed by atoms with Crippen LogP contribution in [-0.4, -0.2) is 10.5 Å². The van der Waals surface area contributed by atoms with Crippen LogP contribution in [0.3, 0.4) is 0 Å². The molecule has 3 aromatic rings. The van der Waals surface area contributed by atoms with E-state index in [1.165, 1.54) is 53.4 Å². The molecule has 0 atom stereocenters. The van der Waals surface area contributed by atoms with Crippen LogP contribution in [-0.2, 0) is 4.79 Å². The van der Waals surface area contributed by atoms with Crippen molar-refractivity contribution in [3.63, 3.8) is 0 Å². The van der Waals surface area contributed by atoms with Crippen molar-refractivity contribution in [2.45, 2.75) is 34.6 Å². The van der Waals surface area contributed by atoms with Crippen LogP contribution in [0.5, 0.6) is 0 Å². The summed E-state index contributed by atoms with van der Waals surface area (Å²) in [5.41, 5.74) is 3.04. The largest absolute Gasteiger partial charge is 0.326 e. The molecule has 0 saturated carbocycles. The first-order valence-corrected chi connectivity index (χ1v) is 10.9. The van der Waals surface area contributed by atoms with E-state index >= 15 is 0 Å². The van der Waals surface area contributed by atoms with Gasteiger partial charge in [-0.15, -0.1) is 23.5 Å². The van der Waals surface area contributed by atoms with Crippen molar-refractivity contribution in [2.24, 2.45) is 0 Å². The van der Waals surface area contributed by atoms with Crippen LogP contribution in [0.15, 0.2) is 76.5 Å². The summed E-state index contributed by atoms with van der Waals surface area (Å²) in [6.45, 7) is 4.03. The highest BCUT2D eigenvalue weighted by atomic mass is 32.2. The van der Waals surface area contributed by atoms with Crippen LogP contribution < -0.4 is 5.32 Å². The fourth-order valence-electron chi connectivity index (χ4n) is 2.62. The summed E-state index contributed by atoms with van der Waals surface area (Å²) in [7, 11) is 0. The van der Waals surface area contributed by atoms with Crippen molar-refractivity contribution in [2.75, 3.05) is 5.32 Å². The second-order valence-corrected chi connectivity index (χ2v) is 9.48. The molecule has 0 aliphatic rings. The second-order valence-electron chi connectivity index (χ2n) is 6.62. The van der Waals surface area contributed by atoms with Gasteiger partial charge in [0.2, 0.25) is 5.91 Å². The molecular weight excluding hydrogens is 408 g/mol. The van der Waals surface area contributed by atoms with Gasteiger partial charge in [-0.3, -0.25) is 4.79 Å². The molecule has 0 bridgehead atoms. The van der Waals surface area contributed by atoms with Gasteiger partial charge in [-0.25, -0.2) is 8.78 Å². The Kier molecular flexibility index (Phi) is 7.34. The quantitative estimate of drug-likeness (QED) is 0.330. The van der Waals surface area contributed by atoms with Gasteiger partial charge in [-0.05, 0) is 85.6 Å². The van der Waals surface area contributed by atoms with Crippen LogP contribution in [0.1, 0.15) is 17.5 Å². The lowest BCUT2D eigenvalue weighted by molar-refractivity contribution is -0.115. The number of hydrogen-bond donors (Lipinski definition) is 1. The highest BCUT2D eigenvalue weighted by Gasteiger charge is 2.18. The summed E-state index contributed by atoms with van der Waals surface area (Å²) in [5, 5.41) is 2.94. The Morgan fingerprint density at radius 1 is 0.828 bits per heavy atom. The van der Waals surface area contributed by atoms with Crippen LogP contribution in [0.2, 0.25) is 0 Å². The minimum atomic E-state index is -0.301. The Balaban J connectivity index is 1.71. The van der Waals surface area contributed by atoms with E-state index in [-0.39, 0.29) is 28.5 Å². The van der Waals surface area contributed by atoms with Crippen molar-refractivity contribution >= 4 is 35.1 Å². The zero-order chi connectivity index (χ0) is 20.8. The molecule has 29 heavy (non-hydrogen) atoms. The fourth-order valence-corrected chi connectivity index (χ4v) is 5.14. The molecule has 0 saturated heterocycles. The molecule has 0 radical (unpaired) electrons. The van der Waals surface area contributed by atoms with Crippen LogP contribution >= 0.6 is 23.5 Å². The smallest absolute Gasteiger partial charge is 0.226 e. The van der Waals surface area contributed by atoms with Gasteiger partial charge < -0.3 is 5.32 Å². The van der Waals surface area contributed by atoms with E-state index in [1.807, 2.05) is 32.0 Å². The molecule has 0 unspecified atom stereocenters. The lowest BCUT2D eigenvalue weighted by Crippen LogP contribution is -2.16. The standard InChI is InChI=1S/C23H21F2NOS2/c1-15-3-8-19(13-16(15)2)26-22(27)14-23(28-20-9-4-17(24)5-10-20)29-21-11-6-18(25)7-12-21/h3-13,23H,14H2,1-2H3,(H,26,27). The van der Waals surface area contributed by atoms with Gasteiger partial charge in [0.05, 0.1) is 4.58 Å². The molecule has 150 valence electrons. The number of thioether (sulfide) groups is 2. The summed E-state index contributed by atoms with van der Waals surface area (Å²) < 4.78 is 26.3. The first-order valence-electron chi connectivity index (χ1n) is 9.10. The molecule has 6 heteroatoms. The summed E-state index contributed by atoms with van der Waals surface area (Å²) >= 11 is 2.97. The maximum absolute atomic E-state index is 13.2. The fraction of sp³-hybridized carbons (Fsp3) is 0.174. The first-order chi connectivity index (χ1) is 13.9. The number of carbonyl (C=O) groups excluding carboxylic acids is 1. The number of amides is 1. The van der Waals surface area contributed by atoms with Gasteiger partial charge in [-0.1, -0.05) is 6.07 Å². The average molecular weight is 430 g/mol. The lowest BCUT2D eigenvalue weighted by atomic mass is 10.1. The topological polar surface area (TPSA) is 29.1 Å². The molecule has 0 spiro atoms. The summed E-state index contributed by atoms with van der Waals surface area (Å²) in [4.78, 5) is 14.4. The maximum Gasteiger partial charge on any atom is 0.226 e. The number of rotatable bonds is 7. The Labute approximate surface area is 178 Å². The van der Waals surface area contributed by atoms with Crippen LogP contribution in [0.25, 0.3) is 0 Å². The number of benzene rings is 3. The van der Waals surface area contributed by atoms with E-state index in [0.29, 0.717) is 0 Å². The monoisotopic (exact) mass is 429 g/mol. The molecule has 0 fully saturated rings. The molecule has 2 nitrogen and oxygen atoms in total. The Bertz CT molecular complexity index is 928. The van der Waals surface area contributed by atoms with E-state index < -0.39 is 0 Å². The molecule has 0 heterocycles. The van der Waals surface area contributed by atoms with Gasteiger partial charge in [-0.2, -0.15) is 0 Å².